The Balaban J connectivity index is 0.000000546. The number of imide groups is 1. The lowest BCUT2D eigenvalue weighted by Crippen LogP contribution is -2.50. The Bertz CT molecular complexity index is 1190. The fourth-order valence-electron chi connectivity index (χ4n) is 5.93. The average Bonchev–Trinajstić information content (AvgIpc) is 3.29. The minimum atomic E-state index is -1.01. The molecule has 4 aliphatic rings. The van der Waals surface area contributed by atoms with Crippen molar-refractivity contribution < 1.29 is 19.2 Å². The van der Waals surface area contributed by atoms with Gasteiger partial charge in [0.2, 0.25) is 5.91 Å². The van der Waals surface area contributed by atoms with Crippen LogP contribution >= 0.6 is 0 Å². The maximum Gasteiger partial charge on any atom is 0.331 e. The van der Waals surface area contributed by atoms with Gasteiger partial charge >= 0.3 is 6.03 Å². The summed E-state index contributed by atoms with van der Waals surface area (Å²) in [7, 11) is 1.51. The number of carbonyl (C=O) groups excluding carboxylic acids is 4. The largest absolute Gasteiger partial charge is 0.343 e. The van der Waals surface area contributed by atoms with Crippen molar-refractivity contribution >= 4 is 23.8 Å². The van der Waals surface area contributed by atoms with Crippen molar-refractivity contribution in [1.82, 2.24) is 20.0 Å². The first-order chi connectivity index (χ1) is 19.3. The topological polar surface area (TPSA) is 90.0 Å². The third-order valence-corrected chi connectivity index (χ3v) is 8.18. The predicted octanol–water partition coefficient (Wildman–Crippen LogP) is 5.11. The summed E-state index contributed by atoms with van der Waals surface area (Å²) in [5.74, 6) is -0.735. The van der Waals surface area contributed by atoms with Gasteiger partial charge in [0, 0.05) is 31.4 Å². The van der Waals surface area contributed by atoms with Gasteiger partial charge in [-0.05, 0) is 56.9 Å². The molecule has 2 heterocycles. The first kappa shape index (κ1) is 29.3. The van der Waals surface area contributed by atoms with Crippen LogP contribution in [0.5, 0.6) is 0 Å². The molecule has 0 radical (unpaired) electrons. The first-order valence-electron chi connectivity index (χ1n) is 14.6. The fraction of sp³-hybridized carbons (Fsp3) is 0.500. The van der Waals surface area contributed by atoms with Crippen LogP contribution < -0.4 is 5.32 Å². The summed E-state index contributed by atoms with van der Waals surface area (Å²) in [6.07, 6.45) is 20.7. The van der Waals surface area contributed by atoms with Gasteiger partial charge in [-0.15, -0.1) is 0 Å². The molecule has 2 aliphatic carbocycles. The monoisotopic (exact) mass is 546 g/mol. The molecule has 0 aromatic heterocycles. The van der Waals surface area contributed by atoms with Crippen LogP contribution in [0.2, 0.25) is 0 Å². The quantitative estimate of drug-likeness (QED) is 0.532. The van der Waals surface area contributed by atoms with E-state index in [1.54, 1.807) is 28.0 Å². The normalized spacial score (nSPS) is 22.9. The molecule has 3 fully saturated rings. The molecule has 1 atom stereocenters. The molecule has 1 unspecified atom stereocenters. The number of likely N-dealkylation sites (tertiary alicyclic amines) is 1. The maximum absolute atomic E-state index is 13.3. The third-order valence-electron chi connectivity index (χ3n) is 8.18. The van der Waals surface area contributed by atoms with Gasteiger partial charge in [0.15, 0.2) is 0 Å². The van der Waals surface area contributed by atoms with Gasteiger partial charge in [0.1, 0.15) is 5.54 Å². The highest BCUT2D eigenvalue weighted by molar-refractivity contribution is 6.08. The van der Waals surface area contributed by atoms with Crippen LogP contribution in [0.1, 0.15) is 80.1 Å². The van der Waals surface area contributed by atoms with Gasteiger partial charge in [-0.1, -0.05) is 74.4 Å². The Morgan fingerprint density at radius 3 is 2.38 bits per heavy atom. The third kappa shape index (κ3) is 6.72. The van der Waals surface area contributed by atoms with E-state index in [9.17, 15) is 19.2 Å². The van der Waals surface area contributed by atoms with Crippen LogP contribution in [-0.4, -0.2) is 70.7 Å². The summed E-state index contributed by atoms with van der Waals surface area (Å²) >= 11 is 0. The Labute approximate surface area is 237 Å². The molecule has 214 valence electrons. The molecule has 8 nitrogen and oxygen atoms in total. The number of nitrogens with one attached hydrogen (secondary N) is 1. The van der Waals surface area contributed by atoms with Crippen LogP contribution in [0.25, 0.3) is 0 Å². The van der Waals surface area contributed by atoms with Crippen molar-refractivity contribution in [2.75, 3.05) is 26.7 Å². The molecule has 2 saturated heterocycles. The minimum Gasteiger partial charge on any atom is -0.343 e. The SMILES string of the molecule is C1CCCCC1.Cc1cccc(C(=O)NCC(=O)N2CCCC3(CC2)C(=O)N(C)C(=O)N3C2=CC=CCC=C2)c1. The molecule has 0 bridgehead atoms. The molecule has 5 rings (SSSR count). The number of rotatable bonds is 4. The zero-order valence-corrected chi connectivity index (χ0v) is 23.9. The highest BCUT2D eigenvalue weighted by atomic mass is 16.2. The summed E-state index contributed by atoms with van der Waals surface area (Å²) in [6.45, 7) is 2.58. The lowest BCUT2D eigenvalue weighted by Gasteiger charge is -2.35. The summed E-state index contributed by atoms with van der Waals surface area (Å²) in [5.41, 5.74) is 1.15. The van der Waals surface area contributed by atoms with E-state index in [1.807, 2.05) is 43.4 Å². The minimum absolute atomic E-state index is 0.116. The number of hydrogen-bond donors (Lipinski definition) is 1. The van der Waals surface area contributed by atoms with E-state index < -0.39 is 5.54 Å². The van der Waals surface area contributed by atoms with Crippen molar-refractivity contribution in [3.8, 4) is 0 Å². The number of allylic oxidation sites excluding steroid dienone is 5. The summed E-state index contributed by atoms with van der Waals surface area (Å²) < 4.78 is 0. The van der Waals surface area contributed by atoms with Gasteiger partial charge in [0.05, 0.1) is 6.54 Å². The number of nitrogens with zero attached hydrogens (tertiary/aromatic N) is 3. The number of amides is 5. The number of urea groups is 1. The molecule has 40 heavy (non-hydrogen) atoms. The van der Waals surface area contributed by atoms with Gasteiger partial charge in [0.25, 0.3) is 11.8 Å². The second-order valence-corrected chi connectivity index (χ2v) is 11.1. The van der Waals surface area contributed by atoms with E-state index in [0.29, 0.717) is 43.6 Å². The van der Waals surface area contributed by atoms with E-state index >= 15 is 0 Å². The Morgan fingerprint density at radius 1 is 0.950 bits per heavy atom. The zero-order valence-electron chi connectivity index (χ0n) is 23.9. The van der Waals surface area contributed by atoms with E-state index in [4.69, 9.17) is 0 Å². The van der Waals surface area contributed by atoms with Crippen molar-refractivity contribution in [2.45, 2.75) is 76.7 Å². The van der Waals surface area contributed by atoms with Crippen molar-refractivity contribution in [2.24, 2.45) is 0 Å². The molecule has 1 saturated carbocycles. The summed E-state index contributed by atoms with van der Waals surface area (Å²) in [4.78, 5) is 56.2. The average molecular weight is 547 g/mol. The van der Waals surface area contributed by atoms with Crippen molar-refractivity contribution in [3.05, 3.63) is 71.5 Å². The fourth-order valence-corrected chi connectivity index (χ4v) is 5.93. The number of carbonyl (C=O) groups is 4. The number of hydrogen-bond acceptors (Lipinski definition) is 4. The van der Waals surface area contributed by atoms with Gasteiger partial charge < -0.3 is 10.2 Å². The lowest BCUT2D eigenvalue weighted by atomic mass is 9.88. The summed E-state index contributed by atoms with van der Waals surface area (Å²) in [6, 6.07) is 6.85. The molecule has 1 spiro atoms. The molecule has 8 heteroatoms. The Morgan fingerprint density at radius 2 is 1.68 bits per heavy atom. The number of aryl methyl sites for hydroxylation is 1. The molecule has 2 aliphatic heterocycles. The van der Waals surface area contributed by atoms with Crippen LogP contribution in [0.4, 0.5) is 4.79 Å². The number of benzene rings is 1. The van der Waals surface area contributed by atoms with Crippen LogP contribution in [0, 0.1) is 6.92 Å². The van der Waals surface area contributed by atoms with Crippen molar-refractivity contribution in [1.29, 1.82) is 0 Å². The van der Waals surface area contributed by atoms with E-state index in [0.717, 1.165) is 12.0 Å². The van der Waals surface area contributed by atoms with Gasteiger partial charge in [-0.3, -0.25) is 24.2 Å². The van der Waals surface area contributed by atoms with E-state index in [-0.39, 0.29) is 30.3 Å². The lowest BCUT2D eigenvalue weighted by molar-refractivity contribution is -0.133. The molecule has 5 amide bonds. The number of likely N-dealkylation sites (N-methyl/N-ethyl adjacent to an activating group) is 1. The van der Waals surface area contributed by atoms with Crippen LogP contribution in [-0.2, 0) is 9.59 Å². The molecular formula is C32H42N4O4. The Hall–Kier alpha value is -3.68. The molecule has 1 aromatic carbocycles. The smallest absolute Gasteiger partial charge is 0.331 e. The predicted molar refractivity (Wildman–Crippen MR) is 155 cm³/mol. The summed E-state index contributed by atoms with van der Waals surface area (Å²) in [5, 5.41) is 2.70. The Kier molecular flexibility index (Phi) is 9.96. The second kappa shape index (κ2) is 13.6. The van der Waals surface area contributed by atoms with Crippen molar-refractivity contribution in [3.63, 3.8) is 0 Å². The molecular weight excluding hydrogens is 504 g/mol. The first-order valence-corrected chi connectivity index (χ1v) is 14.6. The highest BCUT2D eigenvalue weighted by Crippen LogP contribution is 2.40. The highest BCUT2D eigenvalue weighted by Gasteiger charge is 2.57. The zero-order chi connectivity index (χ0) is 28.5. The van der Waals surface area contributed by atoms with Gasteiger partial charge in [-0.2, -0.15) is 0 Å². The molecule has 1 N–H and O–H groups in total. The van der Waals surface area contributed by atoms with Crippen LogP contribution in [0.15, 0.2) is 60.3 Å². The second-order valence-electron chi connectivity index (χ2n) is 11.1. The van der Waals surface area contributed by atoms with Crippen LogP contribution in [0.3, 0.4) is 0 Å². The standard InChI is InChI=1S/C26H30N4O4.C6H12/c1-19-9-7-10-20(17-19)23(32)27-18-22(31)29-15-8-13-26(14-16-29)24(33)28(2)25(34)30(26)21-11-5-3-4-6-12-21;1-2-4-6-5-3-1/h3,5-7,9-12,17H,4,8,13-16,18H2,1-2H3,(H,27,32);1-6H2. The van der Waals surface area contributed by atoms with E-state index in [1.165, 1.54) is 50.5 Å². The van der Waals surface area contributed by atoms with Gasteiger partial charge in [-0.25, -0.2) is 4.79 Å². The maximum atomic E-state index is 13.3. The molecule has 1 aromatic rings. The van der Waals surface area contributed by atoms with E-state index in [2.05, 4.69) is 5.32 Å².